The van der Waals surface area contributed by atoms with Gasteiger partial charge in [-0.3, -0.25) is 4.79 Å². The van der Waals surface area contributed by atoms with Gasteiger partial charge in [0.1, 0.15) is 11.6 Å². The van der Waals surface area contributed by atoms with E-state index in [1.807, 2.05) is 0 Å². The number of H-pyrrole nitrogens is 1. The zero-order valence-electron chi connectivity index (χ0n) is 13.7. The van der Waals surface area contributed by atoms with E-state index in [0.717, 1.165) is 0 Å². The Morgan fingerprint density at radius 3 is 2.68 bits per heavy atom. The fourth-order valence-electron chi connectivity index (χ4n) is 2.58. The lowest BCUT2D eigenvalue weighted by Crippen LogP contribution is -2.15. The van der Waals surface area contributed by atoms with Crippen LogP contribution in [0.4, 0.5) is 0 Å². The van der Waals surface area contributed by atoms with Crippen LogP contribution in [0.2, 0.25) is 0 Å². The average Bonchev–Trinajstić information content (AvgIpc) is 2.81. The van der Waals surface area contributed by atoms with Crippen LogP contribution in [0, 0.1) is 13.8 Å². The topological polar surface area (TPSA) is 106 Å². The summed E-state index contributed by atoms with van der Waals surface area (Å²) in [5.74, 6) is 1.08. The van der Waals surface area contributed by atoms with Crippen LogP contribution in [0.3, 0.4) is 0 Å². The maximum atomic E-state index is 12.4. The first kappa shape index (κ1) is 17.4. The number of imidazole rings is 1. The summed E-state index contributed by atoms with van der Waals surface area (Å²) in [6, 6.07) is 4.13. The van der Waals surface area contributed by atoms with E-state index < -0.39 is 9.05 Å². The van der Waals surface area contributed by atoms with Gasteiger partial charge in [-0.05, 0) is 39.0 Å². The molecule has 0 bridgehead atoms. The standard InChI is InChI=1S/C15H15ClN4O4S/c1-4-24-12-6-5-10(25(16,22)23)7-11(12)14-18-15(21)13-8(2)17-9(3)20(13)19-14/h5-7H,4H2,1-3H3,(H,18,19,21). The Balaban J connectivity index is 2.33. The second-order valence-corrected chi connectivity index (χ2v) is 7.90. The zero-order chi connectivity index (χ0) is 18.4. The first-order valence-electron chi connectivity index (χ1n) is 7.40. The second-order valence-electron chi connectivity index (χ2n) is 5.34. The van der Waals surface area contributed by atoms with Crippen molar-refractivity contribution in [2.24, 2.45) is 0 Å². The molecule has 0 amide bonds. The summed E-state index contributed by atoms with van der Waals surface area (Å²) in [5.41, 5.74) is 0.818. The molecule has 0 unspecified atom stereocenters. The summed E-state index contributed by atoms with van der Waals surface area (Å²) in [6.07, 6.45) is 0. The summed E-state index contributed by atoms with van der Waals surface area (Å²) in [7, 11) is 1.48. The predicted molar refractivity (Wildman–Crippen MR) is 92.7 cm³/mol. The van der Waals surface area contributed by atoms with Gasteiger partial charge in [-0.25, -0.2) is 17.9 Å². The van der Waals surface area contributed by atoms with Gasteiger partial charge in [0, 0.05) is 10.7 Å². The Labute approximate surface area is 147 Å². The Hall–Kier alpha value is -2.39. The Bertz CT molecular complexity index is 1130. The minimum atomic E-state index is -3.94. The first-order valence-corrected chi connectivity index (χ1v) is 9.71. The monoisotopic (exact) mass is 382 g/mol. The molecule has 132 valence electrons. The summed E-state index contributed by atoms with van der Waals surface area (Å²) in [4.78, 5) is 19.2. The van der Waals surface area contributed by atoms with Crippen LogP contribution in [-0.4, -0.2) is 34.6 Å². The molecular formula is C15H15ClN4O4S. The van der Waals surface area contributed by atoms with E-state index in [0.29, 0.717) is 35.0 Å². The second kappa shape index (κ2) is 6.16. The Kier molecular flexibility index (Phi) is 4.29. The summed E-state index contributed by atoms with van der Waals surface area (Å²) < 4.78 is 30.2. The molecule has 0 saturated heterocycles. The van der Waals surface area contributed by atoms with Gasteiger partial charge in [0.15, 0.2) is 11.3 Å². The van der Waals surface area contributed by atoms with Crippen molar-refractivity contribution in [3.05, 3.63) is 40.1 Å². The van der Waals surface area contributed by atoms with Gasteiger partial charge in [0.25, 0.3) is 14.6 Å². The van der Waals surface area contributed by atoms with Crippen LogP contribution in [0.25, 0.3) is 16.9 Å². The van der Waals surface area contributed by atoms with Gasteiger partial charge in [-0.1, -0.05) is 0 Å². The summed E-state index contributed by atoms with van der Waals surface area (Å²) in [6.45, 7) is 5.58. The molecule has 0 aliphatic carbocycles. The van der Waals surface area contributed by atoms with Crippen LogP contribution in [-0.2, 0) is 9.05 Å². The van der Waals surface area contributed by atoms with Crippen molar-refractivity contribution in [3.63, 3.8) is 0 Å². The van der Waals surface area contributed by atoms with Crippen LogP contribution >= 0.6 is 10.7 Å². The van der Waals surface area contributed by atoms with Gasteiger partial charge in [0.2, 0.25) is 0 Å². The number of aryl methyl sites for hydroxylation is 2. The fraction of sp³-hybridized carbons (Fsp3) is 0.267. The number of benzene rings is 1. The quantitative estimate of drug-likeness (QED) is 0.692. The Morgan fingerprint density at radius 1 is 1.32 bits per heavy atom. The minimum Gasteiger partial charge on any atom is -0.493 e. The van der Waals surface area contributed by atoms with Crippen LogP contribution in [0.1, 0.15) is 18.4 Å². The third-order valence-electron chi connectivity index (χ3n) is 3.63. The molecule has 10 heteroatoms. The molecular weight excluding hydrogens is 368 g/mol. The normalized spacial score (nSPS) is 11.8. The van der Waals surface area contributed by atoms with E-state index in [-0.39, 0.29) is 16.3 Å². The molecule has 0 aliphatic rings. The number of rotatable bonds is 4. The van der Waals surface area contributed by atoms with Crippen LogP contribution in [0.5, 0.6) is 5.75 Å². The van der Waals surface area contributed by atoms with Gasteiger partial charge in [-0.2, -0.15) is 0 Å². The third-order valence-corrected chi connectivity index (χ3v) is 4.98. The van der Waals surface area contributed by atoms with E-state index in [9.17, 15) is 13.2 Å². The zero-order valence-corrected chi connectivity index (χ0v) is 15.3. The molecule has 25 heavy (non-hydrogen) atoms. The molecule has 1 N–H and O–H groups in total. The molecule has 0 spiro atoms. The maximum Gasteiger partial charge on any atom is 0.277 e. The van der Waals surface area contributed by atoms with Crippen molar-refractivity contribution in [3.8, 4) is 17.1 Å². The van der Waals surface area contributed by atoms with Crippen molar-refractivity contribution < 1.29 is 13.2 Å². The molecule has 0 aliphatic heterocycles. The third kappa shape index (κ3) is 3.12. The lowest BCUT2D eigenvalue weighted by atomic mass is 10.2. The van der Waals surface area contributed by atoms with Crippen molar-refractivity contribution in [1.82, 2.24) is 19.6 Å². The molecule has 2 aromatic heterocycles. The number of halogens is 1. The number of ether oxygens (including phenoxy) is 1. The van der Waals surface area contributed by atoms with Gasteiger partial charge < -0.3 is 9.72 Å². The largest absolute Gasteiger partial charge is 0.493 e. The van der Waals surface area contributed by atoms with Crippen LogP contribution < -0.4 is 10.3 Å². The van der Waals surface area contributed by atoms with Gasteiger partial charge >= 0.3 is 0 Å². The molecule has 1 aromatic carbocycles. The number of nitrogens with zero attached hydrogens (tertiary/aromatic N) is 3. The molecule has 3 aromatic rings. The highest BCUT2D eigenvalue weighted by atomic mass is 35.7. The van der Waals surface area contributed by atoms with E-state index in [1.165, 1.54) is 22.7 Å². The van der Waals surface area contributed by atoms with Crippen LogP contribution in [0.15, 0.2) is 27.9 Å². The number of hydrogen-bond donors (Lipinski definition) is 1. The highest BCUT2D eigenvalue weighted by Gasteiger charge is 2.19. The molecule has 0 saturated carbocycles. The van der Waals surface area contributed by atoms with Crippen molar-refractivity contribution in [2.45, 2.75) is 25.7 Å². The number of nitrogens with one attached hydrogen (secondary N) is 1. The van der Waals surface area contributed by atoms with Crippen molar-refractivity contribution in [2.75, 3.05) is 6.61 Å². The fourth-order valence-corrected chi connectivity index (χ4v) is 3.36. The number of aromatic nitrogens is 4. The number of fused-ring (bicyclic) bond motifs is 1. The SMILES string of the molecule is CCOc1ccc(S(=O)(=O)Cl)cc1-c1nn2c(C)nc(C)c2c(=O)[nH]1. The van der Waals surface area contributed by atoms with Gasteiger partial charge in [0.05, 0.1) is 22.8 Å². The first-order chi connectivity index (χ1) is 11.7. The van der Waals surface area contributed by atoms with E-state index in [1.54, 1.807) is 20.8 Å². The van der Waals surface area contributed by atoms with E-state index in [4.69, 9.17) is 15.4 Å². The lowest BCUT2D eigenvalue weighted by Gasteiger charge is -2.11. The van der Waals surface area contributed by atoms with Crippen molar-refractivity contribution in [1.29, 1.82) is 0 Å². The molecule has 0 fully saturated rings. The van der Waals surface area contributed by atoms with Gasteiger partial charge in [-0.15, -0.1) is 5.10 Å². The summed E-state index contributed by atoms with van der Waals surface area (Å²) in [5, 5.41) is 4.37. The maximum absolute atomic E-state index is 12.4. The molecule has 3 rings (SSSR count). The summed E-state index contributed by atoms with van der Waals surface area (Å²) >= 11 is 0. The molecule has 2 heterocycles. The number of aromatic amines is 1. The Morgan fingerprint density at radius 2 is 2.04 bits per heavy atom. The number of hydrogen-bond acceptors (Lipinski definition) is 6. The van der Waals surface area contributed by atoms with Crippen molar-refractivity contribution >= 4 is 25.2 Å². The highest BCUT2D eigenvalue weighted by Crippen LogP contribution is 2.31. The smallest absolute Gasteiger partial charge is 0.277 e. The van der Waals surface area contributed by atoms with E-state index >= 15 is 0 Å². The predicted octanol–water partition coefficient (Wildman–Crippen LogP) is 2.03. The highest BCUT2D eigenvalue weighted by molar-refractivity contribution is 8.13. The average molecular weight is 383 g/mol. The lowest BCUT2D eigenvalue weighted by molar-refractivity contribution is 0.341. The minimum absolute atomic E-state index is 0.117. The molecule has 0 radical (unpaired) electrons. The van der Waals surface area contributed by atoms with E-state index in [2.05, 4.69) is 15.1 Å². The molecule has 0 atom stereocenters. The molecule has 8 nitrogen and oxygen atoms in total.